The maximum absolute atomic E-state index is 11.8. The lowest BCUT2D eigenvalue weighted by atomic mass is 10.2. The molecular formula is C10H18F3NO2. The minimum atomic E-state index is -4.13. The van der Waals surface area contributed by atoms with Gasteiger partial charge in [0.25, 0.3) is 0 Å². The van der Waals surface area contributed by atoms with Crippen LogP contribution >= 0.6 is 0 Å². The van der Waals surface area contributed by atoms with Gasteiger partial charge in [-0.3, -0.25) is 0 Å². The van der Waals surface area contributed by atoms with Crippen molar-refractivity contribution in [3.05, 3.63) is 0 Å². The highest BCUT2D eigenvalue weighted by Gasteiger charge is 2.28. The molecule has 1 saturated heterocycles. The van der Waals surface area contributed by atoms with Gasteiger partial charge < -0.3 is 14.8 Å². The van der Waals surface area contributed by atoms with E-state index in [0.29, 0.717) is 0 Å². The zero-order valence-electron chi connectivity index (χ0n) is 9.35. The first-order valence-electron chi connectivity index (χ1n) is 5.46. The third-order valence-electron chi connectivity index (χ3n) is 2.46. The van der Waals surface area contributed by atoms with Gasteiger partial charge in [-0.15, -0.1) is 0 Å². The first kappa shape index (κ1) is 13.7. The van der Waals surface area contributed by atoms with Crippen LogP contribution in [-0.4, -0.2) is 45.2 Å². The van der Waals surface area contributed by atoms with E-state index in [4.69, 9.17) is 9.47 Å². The molecule has 1 fully saturated rings. The van der Waals surface area contributed by atoms with Gasteiger partial charge >= 0.3 is 6.18 Å². The lowest BCUT2D eigenvalue weighted by Crippen LogP contribution is -2.25. The van der Waals surface area contributed by atoms with Crippen molar-refractivity contribution in [1.29, 1.82) is 0 Å². The molecule has 1 N–H and O–H groups in total. The predicted molar refractivity (Wildman–Crippen MR) is 53.3 cm³/mol. The zero-order valence-corrected chi connectivity index (χ0v) is 9.35. The highest BCUT2D eigenvalue weighted by Crippen LogP contribution is 2.21. The molecule has 0 amide bonds. The van der Waals surface area contributed by atoms with Crippen molar-refractivity contribution in [2.75, 3.05) is 26.8 Å². The topological polar surface area (TPSA) is 30.5 Å². The van der Waals surface area contributed by atoms with Gasteiger partial charge in [0, 0.05) is 6.54 Å². The van der Waals surface area contributed by atoms with Crippen LogP contribution in [0.4, 0.5) is 13.2 Å². The summed E-state index contributed by atoms with van der Waals surface area (Å²) in [4.78, 5) is 0. The molecule has 6 heteroatoms. The van der Waals surface area contributed by atoms with E-state index in [2.05, 4.69) is 5.32 Å². The van der Waals surface area contributed by atoms with Crippen LogP contribution in [0.5, 0.6) is 0 Å². The molecule has 0 aromatic rings. The van der Waals surface area contributed by atoms with E-state index in [-0.39, 0.29) is 25.4 Å². The Hall–Kier alpha value is -0.330. The number of halogens is 3. The fraction of sp³-hybridized carbons (Fsp3) is 1.00. The maximum atomic E-state index is 11.8. The summed E-state index contributed by atoms with van der Waals surface area (Å²) in [5.74, 6) is 0. The summed E-state index contributed by atoms with van der Waals surface area (Å²) in [6.07, 6.45) is -3.11. The van der Waals surface area contributed by atoms with Gasteiger partial charge in [0.05, 0.1) is 31.8 Å². The van der Waals surface area contributed by atoms with E-state index in [1.54, 1.807) is 0 Å². The molecule has 0 aromatic heterocycles. The average molecular weight is 241 g/mol. The van der Waals surface area contributed by atoms with Gasteiger partial charge in [0.2, 0.25) is 0 Å². The second-order valence-corrected chi connectivity index (χ2v) is 3.96. The third kappa shape index (κ3) is 5.67. The summed E-state index contributed by atoms with van der Waals surface area (Å²) < 4.78 is 45.9. The van der Waals surface area contributed by atoms with E-state index in [0.717, 1.165) is 19.4 Å². The second kappa shape index (κ2) is 6.42. The molecule has 0 saturated carbocycles. The quantitative estimate of drug-likeness (QED) is 0.718. The Kier molecular flexibility index (Phi) is 5.51. The first-order valence-corrected chi connectivity index (χ1v) is 5.46. The van der Waals surface area contributed by atoms with E-state index in [1.165, 1.54) is 0 Å². The second-order valence-electron chi connectivity index (χ2n) is 3.96. The molecule has 2 atom stereocenters. The Labute approximate surface area is 93.3 Å². The Bertz CT molecular complexity index is 199. The molecule has 1 aliphatic rings. The average Bonchev–Trinajstić information content (AvgIpc) is 2.60. The molecule has 16 heavy (non-hydrogen) atoms. The fourth-order valence-corrected chi connectivity index (χ4v) is 1.68. The Morgan fingerprint density at radius 3 is 2.62 bits per heavy atom. The molecule has 0 aliphatic carbocycles. The summed E-state index contributed by atoms with van der Waals surface area (Å²) in [6.45, 7) is 0.759. The summed E-state index contributed by atoms with van der Waals surface area (Å²) in [5.41, 5.74) is 0. The van der Waals surface area contributed by atoms with Crippen molar-refractivity contribution in [2.45, 2.75) is 37.6 Å². The lowest BCUT2D eigenvalue weighted by molar-refractivity contribution is -0.147. The minimum Gasteiger partial charge on any atom is -0.378 e. The number of alkyl halides is 3. The standard InChI is InChI=1S/C10H18F3NO2/c1-14-6-8-2-3-9(16-8)7-15-5-4-10(11,12)13/h8-9,14H,2-7H2,1H3. The van der Waals surface area contributed by atoms with Crippen LogP contribution in [0.3, 0.4) is 0 Å². The summed E-state index contributed by atoms with van der Waals surface area (Å²) in [7, 11) is 1.84. The van der Waals surface area contributed by atoms with Crippen molar-refractivity contribution >= 4 is 0 Å². The number of hydrogen-bond acceptors (Lipinski definition) is 3. The molecule has 0 radical (unpaired) electrons. The molecule has 0 spiro atoms. The number of rotatable bonds is 6. The number of nitrogens with one attached hydrogen (secondary N) is 1. The monoisotopic (exact) mass is 241 g/mol. The third-order valence-corrected chi connectivity index (χ3v) is 2.46. The van der Waals surface area contributed by atoms with Crippen LogP contribution in [-0.2, 0) is 9.47 Å². The Morgan fingerprint density at radius 2 is 2.00 bits per heavy atom. The van der Waals surface area contributed by atoms with E-state index in [1.807, 2.05) is 7.05 Å². The van der Waals surface area contributed by atoms with Crippen LogP contribution in [0.15, 0.2) is 0 Å². The van der Waals surface area contributed by atoms with Crippen LogP contribution in [0.2, 0.25) is 0 Å². The number of hydrogen-bond donors (Lipinski definition) is 1. The summed E-state index contributed by atoms with van der Waals surface area (Å²) in [5, 5.41) is 3.00. The van der Waals surface area contributed by atoms with E-state index >= 15 is 0 Å². The Balaban J connectivity index is 2.02. The van der Waals surface area contributed by atoms with Crippen molar-refractivity contribution < 1.29 is 22.6 Å². The molecule has 1 heterocycles. The van der Waals surface area contributed by atoms with Gasteiger partial charge in [-0.05, 0) is 19.9 Å². The molecule has 96 valence electrons. The summed E-state index contributed by atoms with van der Waals surface area (Å²) >= 11 is 0. The zero-order chi connectivity index (χ0) is 12.0. The van der Waals surface area contributed by atoms with Crippen molar-refractivity contribution in [2.24, 2.45) is 0 Å². The van der Waals surface area contributed by atoms with Gasteiger partial charge in [0.15, 0.2) is 0 Å². The van der Waals surface area contributed by atoms with E-state index < -0.39 is 12.6 Å². The van der Waals surface area contributed by atoms with Crippen LogP contribution < -0.4 is 5.32 Å². The van der Waals surface area contributed by atoms with Crippen LogP contribution in [0.25, 0.3) is 0 Å². The van der Waals surface area contributed by atoms with Gasteiger partial charge in [-0.2, -0.15) is 13.2 Å². The lowest BCUT2D eigenvalue weighted by Gasteiger charge is -2.14. The van der Waals surface area contributed by atoms with Crippen LogP contribution in [0.1, 0.15) is 19.3 Å². The fourth-order valence-electron chi connectivity index (χ4n) is 1.68. The SMILES string of the molecule is CNCC1CCC(COCCC(F)(F)F)O1. The predicted octanol–water partition coefficient (Wildman–Crippen LogP) is 1.72. The van der Waals surface area contributed by atoms with Gasteiger partial charge in [-0.25, -0.2) is 0 Å². The number of ether oxygens (including phenoxy) is 2. The smallest absolute Gasteiger partial charge is 0.378 e. The maximum Gasteiger partial charge on any atom is 0.391 e. The van der Waals surface area contributed by atoms with E-state index in [9.17, 15) is 13.2 Å². The molecule has 2 unspecified atom stereocenters. The largest absolute Gasteiger partial charge is 0.391 e. The minimum absolute atomic E-state index is 0.0495. The molecule has 1 rings (SSSR count). The van der Waals surface area contributed by atoms with Gasteiger partial charge in [-0.1, -0.05) is 0 Å². The van der Waals surface area contributed by atoms with Crippen molar-refractivity contribution in [3.8, 4) is 0 Å². The summed E-state index contributed by atoms with van der Waals surface area (Å²) in [6, 6.07) is 0. The first-order chi connectivity index (χ1) is 7.51. The van der Waals surface area contributed by atoms with Crippen molar-refractivity contribution in [1.82, 2.24) is 5.32 Å². The highest BCUT2D eigenvalue weighted by molar-refractivity contribution is 4.74. The molecule has 1 aliphatic heterocycles. The molecule has 0 bridgehead atoms. The highest BCUT2D eigenvalue weighted by atomic mass is 19.4. The van der Waals surface area contributed by atoms with Crippen LogP contribution in [0, 0.1) is 0 Å². The normalized spacial score (nSPS) is 26.2. The number of likely N-dealkylation sites (N-methyl/N-ethyl adjacent to an activating group) is 1. The molecule has 3 nitrogen and oxygen atoms in total. The molecule has 0 aromatic carbocycles. The molecular weight excluding hydrogens is 223 g/mol. The van der Waals surface area contributed by atoms with Crippen molar-refractivity contribution in [3.63, 3.8) is 0 Å². The van der Waals surface area contributed by atoms with Gasteiger partial charge in [0.1, 0.15) is 0 Å². The Morgan fingerprint density at radius 1 is 1.31 bits per heavy atom.